The minimum absolute atomic E-state index is 0.231. The van der Waals surface area contributed by atoms with Crippen LogP contribution in [-0.4, -0.2) is 107 Å². The molecular weight excluding hydrogens is 779 g/mol. The Morgan fingerprint density at radius 1 is 0.661 bits per heavy atom. The van der Waals surface area contributed by atoms with Gasteiger partial charge in [-0.05, 0) is 38.5 Å². The van der Waals surface area contributed by atoms with E-state index in [1.807, 2.05) is 0 Å². The second-order valence-electron chi connectivity index (χ2n) is 16.8. The number of unbranched alkanes of at least 4 members (excludes halogenated alkanes) is 25. The zero-order valence-electron chi connectivity index (χ0n) is 36.9. The van der Waals surface area contributed by atoms with Gasteiger partial charge in [-0.25, -0.2) is 4.18 Å². The largest absolute Gasteiger partial charge is 0.397 e. The molecule has 1 saturated heterocycles. The van der Waals surface area contributed by atoms with E-state index in [9.17, 15) is 43.3 Å². The van der Waals surface area contributed by atoms with Crippen molar-refractivity contribution in [2.45, 2.75) is 255 Å². The molecule has 0 radical (unpaired) electrons. The molecule has 8 atom stereocenters. The predicted molar refractivity (Wildman–Crippen MR) is 233 cm³/mol. The Hall–Kier alpha value is -1.20. The monoisotopic (exact) mass is 866 g/mol. The first-order valence-corrected chi connectivity index (χ1v) is 25.0. The van der Waals surface area contributed by atoms with Crippen molar-refractivity contribution in [3.63, 3.8) is 0 Å². The van der Waals surface area contributed by atoms with Crippen molar-refractivity contribution in [3.8, 4) is 0 Å². The van der Waals surface area contributed by atoms with Crippen molar-refractivity contribution in [1.82, 2.24) is 5.32 Å². The molecule has 8 unspecified atom stereocenters. The molecule has 1 aliphatic heterocycles. The third-order valence-electron chi connectivity index (χ3n) is 11.4. The van der Waals surface area contributed by atoms with Gasteiger partial charge in [0, 0.05) is 0 Å². The summed E-state index contributed by atoms with van der Waals surface area (Å²) in [5.74, 6) is -0.685. The molecule has 0 aromatic carbocycles. The molecule has 0 aromatic rings. The summed E-state index contributed by atoms with van der Waals surface area (Å²) in [5, 5.41) is 55.3. The van der Waals surface area contributed by atoms with Crippen LogP contribution in [0.4, 0.5) is 0 Å². The first-order valence-electron chi connectivity index (χ1n) is 23.7. The summed E-state index contributed by atoms with van der Waals surface area (Å²) in [7, 11) is -5.11. The van der Waals surface area contributed by atoms with Crippen LogP contribution in [0.5, 0.6) is 0 Å². The highest BCUT2D eigenvalue weighted by Gasteiger charge is 2.48. The Balaban J connectivity index is 2.55. The van der Waals surface area contributed by atoms with Crippen molar-refractivity contribution in [2.24, 2.45) is 0 Å². The highest BCUT2D eigenvalue weighted by molar-refractivity contribution is 7.80. The van der Waals surface area contributed by atoms with E-state index in [0.29, 0.717) is 19.3 Å². The van der Waals surface area contributed by atoms with Gasteiger partial charge in [0.25, 0.3) is 0 Å². The van der Waals surface area contributed by atoms with Gasteiger partial charge in [-0.2, -0.15) is 8.42 Å². The van der Waals surface area contributed by atoms with Crippen LogP contribution in [0.1, 0.15) is 206 Å². The maximum absolute atomic E-state index is 13.1. The molecular formula is C45H87NO12S. The third-order valence-corrected chi connectivity index (χ3v) is 11.9. The quantitative estimate of drug-likeness (QED) is 0.0177. The first-order chi connectivity index (χ1) is 28.4. The fourth-order valence-corrected chi connectivity index (χ4v) is 8.15. The summed E-state index contributed by atoms with van der Waals surface area (Å²) in [4.78, 5) is 13.1. The lowest BCUT2D eigenvalue weighted by Gasteiger charge is -2.41. The van der Waals surface area contributed by atoms with Crippen molar-refractivity contribution in [1.29, 1.82) is 0 Å². The second-order valence-corrected chi connectivity index (χ2v) is 17.9. The molecule has 0 aliphatic carbocycles. The molecule has 1 amide bonds. The van der Waals surface area contributed by atoms with Crippen LogP contribution < -0.4 is 5.32 Å². The van der Waals surface area contributed by atoms with E-state index in [2.05, 4.69) is 35.5 Å². The van der Waals surface area contributed by atoms with Gasteiger partial charge in [-0.15, -0.1) is 0 Å². The van der Waals surface area contributed by atoms with Gasteiger partial charge in [-0.1, -0.05) is 180 Å². The highest BCUT2D eigenvalue weighted by atomic mass is 32.3. The van der Waals surface area contributed by atoms with Crippen LogP contribution in [-0.2, 0) is 28.9 Å². The Bertz CT molecular complexity index is 1130. The van der Waals surface area contributed by atoms with Gasteiger partial charge in [0.2, 0.25) is 5.91 Å². The number of aliphatic hydroxyl groups is 5. The molecule has 1 aliphatic rings. The number of nitrogens with one attached hydrogen (secondary N) is 1. The fraction of sp³-hybridized carbons (Fsp3) is 0.933. The van der Waals surface area contributed by atoms with Gasteiger partial charge in [-0.3, -0.25) is 9.35 Å². The van der Waals surface area contributed by atoms with Gasteiger partial charge >= 0.3 is 10.4 Å². The smallest absolute Gasteiger partial charge is 0.394 e. The summed E-state index contributed by atoms with van der Waals surface area (Å²) in [5.41, 5.74) is 0. The Morgan fingerprint density at radius 3 is 1.54 bits per heavy atom. The Labute approximate surface area is 358 Å². The van der Waals surface area contributed by atoms with Crippen LogP contribution in [0.2, 0.25) is 0 Å². The SMILES string of the molecule is CCCCCCCC/C=C\CCCCC(O)C(=O)NC(COC1OC(CO)C(O)C(OS(=O)(=O)O)C1O)C(O)CCCCCCCCCCCCCCCCCCCC. The predicted octanol–water partition coefficient (Wildman–Crippen LogP) is 8.14. The Morgan fingerprint density at radius 2 is 1.08 bits per heavy atom. The number of rotatable bonds is 40. The summed E-state index contributed by atoms with van der Waals surface area (Å²) < 4.78 is 47.6. The van der Waals surface area contributed by atoms with Crippen LogP contribution in [0.25, 0.3) is 0 Å². The van der Waals surface area contributed by atoms with E-state index >= 15 is 0 Å². The molecule has 1 rings (SSSR count). The molecule has 0 saturated carbocycles. The zero-order valence-corrected chi connectivity index (χ0v) is 37.8. The number of allylic oxidation sites excluding steroid dienone is 2. The van der Waals surface area contributed by atoms with Gasteiger partial charge in [0.15, 0.2) is 6.29 Å². The lowest BCUT2D eigenvalue weighted by Crippen LogP contribution is -2.61. The maximum atomic E-state index is 13.1. The highest BCUT2D eigenvalue weighted by Crippen LogP contribution is 2.26. The molecule has 1 heterocycles. The minimum Gasteiger partial charge on any atom is -0.394 e. The Kier molecular flexibility index (Phi) is 34.3. The molecule has 0 aromatic heterocycles. The van der Waals surface area contributed by atoms with Crippen molar-refractivity contribution in [2.75, 3.05) is 13.2 Å². The first kappa shape index (κ1) is 55.8. The van der Waals surface area contributed by atoms with E-state index in [1.165, 1.54) is 128 Å². The number of carbonyl (C=O) groups excluding carboxylic acids is 1. The van der Waals surface area contributed by atoms with Gasteiger partial charge in [0.05, 0.1) is 25.4 Å². The number of ether oxygens (including phenoxy) is 2. The van der Waals surface area contributed by atoms with E-state index in [1.54, 1.807) is 0 Å². The van der Waals surface area contributed by atoms with Crippen LogP contribution in [0.15, 0.2) is 12.2 Å². The van der Waals surface area contributed by atoms with Crippen molar-refractivity contribution >= 4 is 16.3 Å². The van der Waals surface area contributed by atoms with E-state index in [4.69, 9.17) is 9.47 Å². The number of amides is 1. The van der Waals surface area contributed by atoms with Crippen LogP contribution in [0.3, 0.4) is 0 Å². The number of aliphatic hydroxyl groups excluding tert-OH is 5. The molecule has 13 nitrogen and oxygen atoms in total. The normalized spacial score (nSPS) is 21.5. The standard InChI is InChI=1S/C45H87NO12S/c1-3-5-7-9-11-13-15-17-18-19-20-21-22-24-25-27-29-31-33-38(48)37(36-56-45-42(51)43(58-59(53,54)55)41(50)40(35-47)57-45)46-44(52)39(49)34-32-30-28-26-23-16-14-12-10-8-6-4-2/h23,26,37-43,45,47-51H,3-22,24-25,27-36H2,1-2H3,(H,46,52)(H,53,54,55)/b26-23-. The van der Waals surface area contributed by atoms with Gasteiger partial charge < -0.3 is 40.3 Å². The lowest BCUT2D eigenvalue weighted by molar-refractivity contribution is -0.298. The molecule has 7 N–H and O–H groups in total. The van der Waals surface area contributed by atoms with Crippen molar-refractivity contribution in [3.05, 3.63) is 12.2 Å². The molecule has 350 valence electrons. The topological polar surface area (TPSA) is 212 Å². The van der Waals surface area contributed by atoms with E-state index in [0.717, 1.165) is 38.5 Å². The maximum Gasteiger partial charge on any atom is 0.397 e. The molecule has 1 fully saturated rings. The fourth-order valence-electron chi connectivity index (χ4n) is 7.64. The lowest BCUT2D eigenvalue weighted by atomic mass is 9.99. The number of hydrogen-bond acceptors (Lipinski definition) is 11. The second kappa shape index (κ2) is 36.3. The number of carbonyl (C=O) groups is 1. The molecule has 14 heteroatoms. The summed E-state index contributed by atoms with van der Waals surface area (Å²) in [6.07, 6.45) is 26.9. The third kappa shape index (κ3) is 28.9. The average molecular weight is 866 g/mol. The number of hydrogen-bond donors (Lipinski definition) is 7. The summed E-state index contributed by atoms with van der Waals surface area (Å²) >= 11 is 0. The molecule has 0 bridgehead atoms. The molecule has 59 heavy (non-hydrogen) atoms. The average Bonchev–Trinajstić information content (AvgIpc) is 3.20. The van der Waals surface area contributed by atoms with Crippen molar-refractivity contribution < 1.29 is 57.0 Å². The summed E-state index contributed by atoms with van der Waals surface area (Å²) in [6, 6.07) is -1.04. The van der Waals surface area contributed by atoms with Crippen LogP contribution >= 0.6 is 0 Å². The molecule has 0 spiro atoms. The summed E-state index contributed by atoms with van der Waals surface area (Å²) in [6.45, 7) is 3.26. The minimum atomic E-state index is -5.11. The van der Waals surface area contributed by atoms with Gasteiger partial charge in [0.1, 0.15) is 30.5 Å². The van der Waals surface area contributed by atoms with E-state index < -0.39 is 78.5 Å². The zero-order chi connectivity index (χ0) is 43.6. The van der Waals surface area contributed by atoms with Crippen LogP contribution in [0, 0.1) is 0 Å². The van der Waals surface area contributed by atoms with E-state index in [-0.39, 0.29) is 6.42 Å².